The normalized spacial score (nSPS) is 13.0. The lowest BCUT2D eigenvalue weighted by Gasteiger charge is -2.28. The van der Waals surface area contributed by atoms with E-state index in [0.29, 0.717) is 6.54 Å². The van der Waals surface area contributed by atoms with Gasteiger partial charge in [-0.25, -0.2) is 0 Å². The molecule has 0 aliphatic carbocycles. The number of amides is 2. The molecule has 0 aliphatic heterocycles. The lowest BCUT2D eigenvalue weighted by atomic mass is 10.0. The minimum absolute atomic E-state index is 0.0335. The first-order valence-corrected chi connectivity index (χ1v) is 10.2. The summed E-state index contributed by atoms with van der Waals surface area (Å²) in [6.45, 7) is 4.26. The summed E-state index contributed by atoms with van der Waals surface area (Å²) in [6.07, 6.45) is 0.249. The molecule has 0 saturated heterocycles. The molecule has 2 atom stereocenters. The van der Waals surface area contributed by atoms with E-state index < -0.39 is 6.04 Å². The van der Waals surface area contributed by atoms with Gasteiger partial charge in [0, 0.05) is 12.1 Å². The Morgan fingerprint density at radius 1 is 1.00 bits per heavy atom. The molecule has 2 N–H and O–H groups in total. The van der Waals surface area contributed by atoms with Crippen LogP contribution in [-0.4, -0.2) is 50.5 Å². The van der Waals surface area contributed by atoms with Crippen molar-refractivity contribution in [3.05, 3.63) is 65.7 Å². The van der Waals surface area contributed by atoms with Crippen molar-refractivity contribution < 1.29 is 14.3 Å². The van der Waals surface area contributed by atoms with Crippen molar-refractivity contribution in [3.8, 4) is 5.75 Å². The van der Waals surface area contributed by atoms with Gasteiger partial charge in [0.15, 0.2) is 0 Å². The lowest BCUT2D eigenvalue weighted by molar-refractivity contribution is -0.129. The summed E-state index contributed by atoms with van der Waals surface area (Å²) in [5.41, 5.74) is 1.92. The van der Waals surface area contributed by atoms with Gasteiger partial charge in [0.05, 0.1) is 19.6 Å². The van der Waals surface area contributed by atoms with E-state index in [-0.39, 0.29) is 30.2 Å². The largest absolute Gasteiger partial charge is 0.496 e. The van der Waals surface area contributed by atoms with Crippen LogP contribution in [0.2, 0.25) is 0 Å². The van der Waals surface area contributed by atoms with Crippen molar-refractivity contribution in [3.63, 3.8) is 0 Å². The summed E-state index contributed by atoms with van der Waals surface area (Å²) in [5, 5.41) is 5.90. The first kappa shape index (κ1) is 23.4. The number of ether oxygens (including phenoxy) is 1. The Labute approximate surface area is 179 Å². The first-order chi connectivity index (χ1) is 14.3. The molecular weight excluding hydrogens is 378 g/mol. The molecule has 0 radical (unpaired) electrons. The number of nitrogens with one attached hydrogen (secondary N) is 2. The fourth-order valence-corrected chi connectivity index (χ4v) is 3.36. The minimum Gasteiger partial charge on any atom is -0.496 e. The Kier molecular flexibility index (Phi) is 8.87. The number of rotatable bonds is 10. The van der Waals surface area contributed by atoms with Gasteiger partial charge in [0.1, 0.15) is 11.8 Å². The summed E-state index contributed by atoms with van der Waals surface area (Å²) >= 11 is 0. The second-order valence-electron chi connectivity index (χ2n) is 7.92. The molecule has 0 heterocycles. The smallest absolute Gasteiger partial charge is 0.242 e. The topological polar surface area (TPSA) is 70.7 Å². The zero-order valence-electron chi connectivity index (χ0n) is 18.5. The molecule has 2 aromatic carbocycles. The van der Waals surface area contributed by atoms with Crippen LogP contribution < -0.4 is 15.4 Å². The van der Waals surface area contributed by atoms with E-state index in [1.165, 1.54) is 0 Å². The van der Waals surface area contributed by atoms with Crippen LogP contribution in [0.5, 0.6) is 5.75 Å². The molecule has 6 nitrogen and oxygen atoms in total. The van der Waals surface area contributed by atoms with E-state index >= 15 is 0 Å². The predicted octanol–water partition coefficient (Wildman–Crippen LogP) is 2.80. The van der Waals surface area contributed by atoms with Crippen LogP contribution >= 0.6 is 0 Å². The lowest BCUT2D eigenvalue weighted by Crippen LogP contribution is -2.51. The first-order valence-electron chi connectivity index (χ1n) is 10.2. The molecule has 0 saturated carbocycles. The second-order valence-corrected chi connectivity index (χ2v) is 7.92. The van der Waals surface area contributed by atoms with Gasteiger partial charge in [-0.1, -0.05) is 62.4 Å². The molecule has 2 amide bonds. The van der Waals surface area contributed by atoms with Gasteiger partial charge >= 0.3 is 0 Å². The highest BCUT2D eigenvalue weighted by atomic mass is 16.5. The van der Waals surface area contributed by atoms with E-state index in [1.54, 1.807) is 7.11 Å². The summed E-state index contributed by atoms with van der Waals surface area (Å²) in [7, 11) is 5.57. The Bertz CT molecular complexity index is 821. The quantitative estimate of drug-likeness (QED) is 0.631. The van der Waals surface area contributed by atoms with Crippen molar-refractivity contribution in [2.24, 2.45) is 5.92 Å². The Morgan fingerprint density at radius 3 is 2.23 bits per heavy atom. The summed E-state index contributed by atoms with van der Waals surface area (Å²) in [5.74, 6) is 0.396. The fraction of sp³-hybridized carbons (Fsp3) is 0.417. The van der Waals surface area contributed by atoms with Crippen LogP contribution in [0.25, 0.3) is 0 Å². The molecule has 0 fully saturated rings. The summed E-state index contributed by atoms with van der Waals surface area (Å²) < 4.78 is 5.48. The zero-order chi connectivity index (χ0) is 22.1. The van der Waals surface area contributed by atoms with E-state index in [2.05, 4.69) is 10.6 Å². The Balaban J connectivity index is 2.03. The molecule has 2 aromatic rings. The number of hydrogen-bond donors (Lipinski definition) is 2. The SMILES string of the molecule is COc1ccccc1C(CNC(=O)C(NC(=O)Cc1ccccc1)C(C)C)N(C)C. The van der Waals surface area contributed by atoms with Crippen LogP contribution in [0.3, 0.4) is 0 Å². The van der Waals surface area contributed by atoms with Gasteiger partial charge in [0.25, 0.3) is 0 Å². The molecule has 0 aromatic heterocycles. The average molecular weight is 412 g/mol. The number of hydrogen-bond acceptors (Lipinski definition) is 4. The third-order valence-corrected chi connectivity index (χ3v) is 5.06. The number of methoxy groups -OCH3 is 1. The minimum atomic E-state index is -0.596. The van der Waals surface area contributed by atoms with E-state index in [0.717, 1.165) is 16.9 Å². The van der Waals surface area contributed by atoms with Crippen LogP contribution in [0.4, 0.5) is 0 Å². The fourth-order valence-electron chi connectivity index (χ4n) is 3.36. The number of carbonyl (C=O) groups is 2. The molecule has 0 spiro atoms. The van der Waals surface area contributed by atoms with Crippen molar-refractivity contribution >= 4 is 11.8 Å². The van der Waals surface area contributed by atoms with Gasteiger partial charge in [-0.05, 0) is 31.6 Å². The molecule has 6 heteroatoms. The summed E-state index contributed by atoms with van der Waals surface area (Å²) in [6, 6.07) is 16.6. The Morgan fingerprint density at radius 2 is 1.63 bits per heavy atom. The zero-order valence-corrected chi connectivity index (χ0v) is 18.5. The molecule has 0 bridgehead atoms. The van der Waals surface area contributed by atoms with Gasteiger partial charge in [-0.2, -0.15) is 0 Å². The summed E-state index contributed by atoms with van der Waals surface area (Å²) in [4.78, 5) is 27.4. The van der Waals surface area contributed by atoms with E-state index in [4.69, 9.17) is 4.74 Å². The maximum atomic E-state index is 12.9. The second kappa shape index (κ2) is 11.4. The number of benzene rings is 2. The predicted molar refractivity (Wildman–Crippen MR) is 119 cm³/mol. The highest BCUT2D eigenvalue weighted by molar-refractivity contribution is 5.88. The van der Waals surface area contributed by atoms with Crippen molar-refractivity contribution in [1.82, 2.24) is 15.5 Å². The number of carbonyl (C=O) groups excluding carboxylic acids is 2. The molecule has 0 aliphatic rings. The Hall–Kier alpha value is -2.86. The van der Waals surface area contributed by atoms with Gasteiger partial charge in [-0.15, -0.1) is 0 Å². The van der Waals surface area contributed by atoms with Gasteiger partial charge in [-0.3, -0.25) is 9.59 Å². The average Bonchev–Trinajstić information content (AvgIpc) is 2.72. The third kappa shape index (κ3) is 6.59. The molecule has 30 heavy (non-hydrogen) atoms. The van der Waals surface area contributed by atoms with Crippen molar-refractivity contribution in [2.75, 3.05) is 27.7 Å². The monoisotopic (exact) mass is 411 g/mol. The van der Waals surface area contributed by atoms with Gasteiger partial charge in [0.2, 0.25) is 11.8 Å². The van der Waals surface area contributed by atoms with Crippen LogP contribution in [0.15, 0.2) is 54.6 Å². The van der Waals surface area contributed by atoms with Crippen molar-refractivity contribution in [2.45, 2.75) is 32.4 Å². The van der Waals surface area contributed by atoms with E-state index in [1.807, 2.05) is 87.4 Å². The van der Waals surface area contributed by atoms with Crippen molar-refractivity contribution in [1.29, 1.82) is 0 Å². The van der Waals surface area contributed by atoms with Crippen LogP contribution in [-0.2, 0) is 16.0 Å². The number of para-hydroxylation sites is 1. The van der Waals surface area contributed by atoms with Crippen LogP contribution in [0.1, 0.15) is 31.0 Å². The highest BCUT2D eigenvalue weighted by Crippen LogP contribution is 2.27. The highest BCUT2D eigenvalue weighted by Gasteiger charge is 2.26. The number of nitrogens with zero attached hydrogens (tertiary/aromatic N) is 1. The molecule has 2 unspecified atom stereocenters. The molecule has 2 rings (SSSR count). The molecule has 162 valence electrons. The standard InChI is InChI=1S/C24H33N3O3/c1-17(2)23(26-22(28)15-18-11-7-6-8-12-18)24(29)25-16-20(27(3)4)19-13-9-10-14-21(19)30-5/h6-14,17,20,23H,15-16H2,1-5H3,(H,25,29)(H,26,28). The van der Waals surface area contributed by atoms with E-state index in [9.17, 15) is 9.59 Å². The maximum Gasteiger partial charge on any atom is 0.242 e. The number of likely N-dealkylation sites (N-methyl/N-ethyl adjacent to an activating group) is 1. The molecular formula is C24H33N3O3. The van der Waals surface area contributed by atoms with Gasteiger partial charge < -0.3 is 20.3 Å². The maximum absolute atomic E-state index is 12.9. The third-order valence-electron chi connectivity index (χ3n) is 5.06. The van der Waals surface area contributed by atoms with Crippen LogP contribution in [0, 0.1) is 5.92 Å².